The zero-order valence-electron chi connectivity index (χ0n) is 25.7. The highest BCUT2D eigenvalue weighted by Crippen LogP contribution is 2.25. The Kier molecular flexibility index (Phi) is 12.5. The summed E-state index contributed by atoms with van der Waals surface area (Å²) in [7, 11) is 0. The van der Waals surface area contributed by atoms with E-state index in [1.165, 1.54) is 16.3 Å². The van der Waals surface area contributed by atoms with E-state index in [1.807, 2.05) is 25.1 Å². The molecule has 0 unspecified atom stereocenters. The smallest absolute Gasteiger partial charge is 0.337 e. The number of carbonyl (C=O) groups excluding carboxylic acids is 2. The number of oxazole rings is 1. The molecule has 0 radical (unpaired) electrons. The van der Waals surface area contributed by atoms with Crippen LogP contribution in [0.3, 0.4) is 0 Å². The number of carboxylic acid groups (broad SMARTS) is 1. The van der Waals surface area contributed by atoms with E-state index in [4.69, 9.17) is 18.6 Å². The number of rotatable bonds is 18. The Balaban J connectivity index is 1.43. The van der Waals surface area contributed by atoms with E-state index in [9.17, 15) is 19.5 Å². The summed E-state index contributed by atoms with van der Waals surface area (Å²) in [6.45, 7) is 3.33. The normalized spacial score (nSPS) is 13.0. The van der Waals surface area contributed by atoms with Crippen LogP contribution in [0.1, 0.15) is 57.4 Å². The Morgan fingerprint density at radius 3 is 2.49 bits per heavy atom. The van der Waals surface area contributed by atoms with Gasteiger partial charge in [0.15, 0.2) is 11.3 Å². The van der Waals surface area contributed by atoms with Crippen molar-refractivity contribution in [2.75, 3.05) is 19.8 Å². The van der Waals surface area contributed by atoms with Gasteiger partial charge in [-0.25, -0.2) is 14.6 Å². The molecule has 45 heavy (non-hydrogen) atoms. The average molecular weight is 617 g/mol. The van der Waals surface area contributed by atoms with Crippen molar-refractivity contribution in [3.05, 3.63) is 84.3 Å². The number of benzene rings is 3. The molecule has 0 aliphatic carbocycles. The first-order valence-electron chi connectivity index (χ1n) is 15.4. The summed E-state index contributed by atoms with van der Waals surface area (Å²) in [6.07, 6.45) is 2.92. The van der Waals surface area contributed by atoms with E-state index < -0.39 is 36.7 Å². The van der Waals surface area contributed by atoms with Gasteiger partial charge in [-0.15, -0.1) is 0 Å². The number of unbranched alkanes of at least 4 members (excludes halogenated alkanes) is 3. The summed E-state index contributed by atoms with van der Waals surface area (Å²) >= 11 is 0. The van der Waals surface area contributed by atoms with Crippen LogP contribution in [0.2, 0.25) is 0 Å². The Morgan fingerprint density at radius 2 is 1.73 bits per heavy atom. The fraction of sp³-hybridized carbons (Fsp3) is 0.371. The summed E-state index contributed by atoms with van der Waals surface area (Å²) in [5, 5.41) is 15.2. The maximum absolute atomic E-state index is 13.5. The summed E-state index contributed by atoms with van der Waals surface area (Å²) in [6, 6.07) is 21.8. The Hall–Kier alpha value is -4.70. The third-order valence-corrected chi connectivity index (χ3v) is 7.10. The maximum Gasteiger partial charge on any atom is 0.337 e. The monoisotopic (exact) mass is 616 g/mol. The number of fused-ring (bicyclic) bond motifs is 2. The number of esters is 1. The number of nitrogens with one attached hydrogen (secondary N) is 1. The van der Waals surface area contributed by atoms with Gasteiger partial charge in [-0.2, -0.15) is 0 Å². The molecule has 0 aliphatic rings. The molecular formula is C35H40N2O8. The number of aryl methyl sites for hydroxylation is 1. The van der Waals surface area contributed by atoms with Gasteiger partial charge in [0.05, 0.1) is 6.61 Å². The molecule has 3 aromatic carbocycles. The predicted molar refractivity (Wildman–Crippen MR) is 170 cm³/mol. The summed E-state index contributed by atoms with van der Waals surface area (Å²) in [5.74, 6) is -2.71. The molecule has 1 heterocycles. The molecule has 2 N–H and O–H groups in total. The van der Waals surface area contributed by atoms with Crippen molar-refractivity contribution >= 4 is 45.5 Å². The first-order valence-corrected chi connectivity index (χ1v) is 15.4. The number of carboxylic acids is 1. The molecule has 1 aromatic heterocycles. The van der Waals surface area contributed by atoms with Crippen LogP contribution < -0.4 is 5.32 Å². The lowest BCUT2D eigenvalue weighted by atomic mass is 10.0. The van der Waals surface area contributed by atoms with Crippen LogP contribution in [0, 0.1) is 0 Å². The van der Waals surface area contributed by atoms with Gasteiger partial charge in [-0.3, -0.25) is 4.79 Å². The molecule has 4 rings (SSSR count). The summed E-state index contributed by atoms with van der Waals surface area (Å²) in [4.78, 5) is 42.2. The van der Waals surface area contributed by atoms with Crippen LogP contribution in [0.4, 0.5) is 0 Å². The van der Waals surface area contributed by atoms with Crippen molar-refractivity contribution in [2.24, 2.45) is 0 Å². The van der Waals surface area contributed by atoms with Crippen LogP contribution in [0.15, 0.2) is 77.2 Å². The van der Waals surface area contributed by atoms with Crippen molar-refractivity contribution in [1.82, 2.24) is 10.3 Å². The first kappa shape index (κ1) is 33.2. The van der Waals surface area contributed by atoms with Crippen LogP contribution in [-0.4, -0.2) is 59.9 Å². The molecule has 10 nitrogen and oxygen atoms in total. The molecule has 0 spiro atoms. The standard InChI is InChI=1S/C35H40N2O8/c1-3-5-17-29(34-37-27-16-10-11-18-28(27)45-34)44-31(32(35(40)41)43-23-30(38)42-4-2)33(39)36-21-12-6-7-13-24-19-20-25-14-8-9-15-26(25)22-24/h8-11,14-20,22,31-32H,3-7,12-13,21,23H2,1-2H3,(H,36,39)(H,40,41)/t31-,32-/m1/s1. The number of carbonyl (C=O) groups is 3. The molecule has 2 atom stereocenters. The van der Waals surface area contributed by atoms with E-state index in [0.717, 1.165) is 25.7 Å². The summed E-state index contributed by atoms with van der Waals surface area (Å²) < 4.78 is 22.2. The minimum atomic E-state index is -1.81. The average Bonchev–Trinajstić information content (AvgIpc) is 3.48. The van der Waals surface area contributed by atoms with Gasteiger partial charge in [0.25, 0.3) is 11.8 Å². The van der Waals surface area contributed by atoms with Gasteiger partial charge in [0.1, 0.15) is 12.1 Å². The van der Waals surface area contributed by atoms with Gasteiger partial charge < -0.3 is 29.1 Å². The molecule has 1 amide bonds. The number of nitrogens with zero attached hydrogens (tertiary/aromatic N) is 1. The maximum atomic E-state index is 13.5. The van der Waals surface area contributed by atoms with Crippen molar-refractivity contribution in [3.63, 3.8) is 0 Å². The van der Waals surface area contributed by atoms with Crippen molar-refractivity contribution in [3.8, 4) is 0 Å². The number of allylic oxidation sites excluding steroid dienone is 1. The zero-order chi connectivity index (χ0) is 32.0. The quantitative estimate of drug-likeness (QED) is 0.0775. The topological polar surface area (TPSA) is 137 Å². The van der Waals surface area contributed by atoms with E-state index in [2.05, 4.69) is 40.6 Å². The third-order valence-electron chi connectivity index (χ3n) is 7.10. The van der Waals surface area contributed by atoms with E-state index in [-0.39, 0.29) is 18.3 Å². The number of aromatic nitrogens is 1. The third kappa shape index (κ3) is 9.64. The lowest BCUT2D eigenvalue weighted by molar-refractivity contribution is -0.169. The molecular weight excluding hydrogens is 576 g/mol. The van der Waals surface area contributed by atoms with E-state index in [1.54, 1.807) is 31.2 Å². The van der Waals surface area contributed by atoms with Crippen LogP contribution >= 0.6 is 0 Å². The van der Waals surface area contributed by atoms with Gasteiger partial charge >= 0.3 is 11.9 Å². The molecule has 0 bridgehead atoms. The van der Waals surface area contributed by atoms with E-state index >= 15 is 0 Å². The molecule has 0 saturated heterocycles. The molecule has 238 valence electrons. The Bertz CT molecular complexity index is 1580. The van der Waals surface area contributed by atoms with Crippen molar-refractivity contribution < 1.29 is 38.1 Å². The largest absolute Gasteiger partial charge is 0.479 e. The highest BCUT2D eigenvalue weighted by molar-refractivity contribution is 5.89. The minimum Gasteiger partial charge on any atom is -0.479 e. The number of hydrogen-bond acceptors (Lipinski definition) is 8. The number of ether oxygens (including phenoxy) is 3. The fourth-order valence-electron chi connectivity index (χ4n) is 4.81. The zero-order valence-corrected chi connectivity index (χ0v) is 25.7. The number of para-hydroxylation sites is 2. The van der Waals surface area contributed by atoms with Crippen molar-refractivity contribution in [1.29, 1.82) is 0 Å². The fourth-order valence-corrected chi connectivity index (χ4v) is 4.81. The minimum absolute atomic E-state index is 0.100. The van der Waals surface area contributed by atoms with E-state index in [0.29, 0.717) is 30.5 Å². The SMILES string of the molecule is CCCC=C(O[C@@H](C(=O)NCCCCCc1ccc2ccccc2c1)[C@@H](OCC(=O)OCC)C(=O)O)c1nc2ccccc2o1. The van der Waals surface area contributed by atoms with Crippen LogP contribution in [0.25, 0.3) is 27.6 Å². The van der Waals surface area contributed by atoms with Gasteiger partial charge in [-0.05, 0) is 67.2 Å². The highest BCUT2D eigenvalue weighted by Gasteiger charge is 2.38. The highest BCUT2D eigenvalue weighted by atomic mass is 16.6. The second-order valence-electron chi connectivity index (χ2n) is 10.5. The van der Waals surface area contributed by atoms with Gasteiger partial charge in [0, 0.05) is 6.54 Å². The van der Waals surface area contributed by atoms with Gasteiger partial charge in [0.2, 0.25) is 12.2 Å². The second-order valence-corrected chi connectivity index (χ2v) is 10.5. The van der Waals surface area contributed by atoms with Crippen molar-refractivity contribution in [2.45, 2.75) is 64.6 Å². The number of amides is 1. The lowest BCUT2D eigenvalue weighted by Crippen LogP contribution is -2.49. The lowest BCUT2D eigenvalue weighted by Gasteiger charge is -2.25. The molecule has 10 heteroatoms. The first-order chi connectivity index (χ1) is 21.9. The van der Waals surface area contributed by atoms with Crippen LogP contribution in [0.5, 0.6) is 0 Å². The summed E-state index contributed by atoms with van der Waals surface area (Å²) in [5.41, 5.74) is 2.34. The number of hydrogen-bond donors (Lipinski definition) is 2. The molecule has 0 saturated carbocycles. The number of aliphatic carboxylic acids is 1. The molecule has 0 aliphatic heterocycles. The second kappa shape index (κ2) is 17.0. The predicted octanol–water partition coefficient (Wildman–Crippen LogP) is 6.07. The van der Waals surface area contributed by atoms with Gasteiger partial charge in [-0.1, -0.05) is 74.4 Å². The molecule has 0 fully saturated rings. The van der Waals surface area contributed by atoms with Crippen LogP contribution in [-0.2, 0) is 35.0 Å². The Labute approximate surface area is 262 Å². The Morgan fingerprint density at radius 1 is 0.956 bits per heavy atom. The molecule has 4 aromatic rings.